The molecule has 2 aromatic rings. The van der Waals surface area contributed by atoms with Crippen LogP contribution in [0.25, 0.3) is 6.08 Å². The molecule has 0 aliphatic carbocycles. The van der Waals surface area contributed by atoms with Crippen LogP contribution in [0.3, 0.4) is 0 Å². The Morgan fingerprint density at radius 2 is 1.76 bits per heavy atom. The van der Waals surface area contributed by atoms with E-state index < -0.39 is 0 Å². The smallest absolute Gasteiger partial charge is 0.244 e. The predicted molar refractivity (Wildman–Crippen MR) is 86.1 cm³/mol. The number of nitrogens with one attached hydrogen (secondary N) is 1. The average Bonchev–Trinajstić information content (AvgIpc) is 2.47. The molecule has 0 spiro atoms. The number of rotatable bonds is 4. The zero-order valence-corrected chi connectivity index (χ0v) is 13.1. The Balaban J connectivity index is 1.94. The van der Waals surface area contributed by atoms with Crippen LogP contribution in [0, 0.1) is 5.82 Å². The summed E-state index contributed by atoms with van der Waals surface area (Å²) in [4.78, 5) is 11.9. The number of hydrogen-bond donors (Lipinski definition) is 1. The van der Waals surface area contributed by atoms with Crippen molar-refractivity contribution in [3.8, 4) is 0 Å². The monoisotopic (exact) mass is 347 g/mol. The highest BCUT2D eigenvalue weighted by Crippen LogP contribution is 2.16. The summed E-state index contributed by atoms with van der Waals surface area (Å²) in [6.45, 7) is 1.92. The van der Waals surface area contributed by atoms with Crippen LogP contribution in [-0.4, -0.2) is 5.91 Å². The number of hydrogen-bond acceptors (Lipinski definition) is 1. The van der Waals surface area contributed by atoms with Gasteiger partial charge in [-0.05, 0) is 48.4 Å². The zero-order chi connectivity index (χ0) is 15.2. The van der Waals surface area contributed by atoms with Crippen LogP contribution in [0.1, 0.15) is 24.1 Å². The van der Waals surface area contributed by atoms with Gasteiger partial charge in [-0.3, -0.25) is 4.79 Å². The topological polar surface area (TPSA) is 29.1 Å². The van der Waals surface area contributed by atoms with E-state index in [1.54, 1.807) is 18.2 Å². The van der Waals surface area contributed by atoms with Crippen molar-refractivity contribution in [2.75, 3.05) is 0 Å². The summed E-state index contributed by atoms with van der Waals surface area (Å²) < 4.78 is 13.8. The van der Waals surface area contributed by atoms with Gasteiger partial charge in [-0.1, -0.05) is 40.2 Å². The minimum absolute atomic E-state index is 0.0801. The molecule has 1 atom stereocenters. The van der Waals surface area contributed by atoms with E-state index in [0.29, 0.717) is 0 Å². The standard InChI is InChI=1S/C17H15BrFNO/c1-12(14-5-7-15(18)8-6-14)20-17(21)11-4-13-2-9-16(19)10-3-13/h2-12H,1H3,(H,20,21). The highest BCUT2D eigenvalue weighted by molar-refractivity contribution is 9.10. The fourth-order valence-corrected chi connectivity index (χ4v) is 2.11. The van der Waals surface area contributed by atoms with Crippen molar-refractivity contribution in [2.24, 2.45) is 0 Å². The Kier molecular flexibility index (Phi) is 5.28. The molecular weight excluding hydrogens is 333 g/mol. The third-order valence-electron chi connectivity index (χ3n) is 3.03. The van der Waals surface area contributed by atoms with Gasteiger partial charge < -0.3 is 5.32 Å². The highest BCUT2D eigenvalue weighted by atomic mass is 79.9. The van der Waals surface area contributed by atoms with Crippen molar-refractivity contribution in [1.82, 2.24) is 5.32 Å². The van der Waals surface area contributed by atoms with E-state index in [1.165, 1.54) is 18.2 Å². The van der Waals surface area contributed by atoms with Crippen LogP contribution in [0.4, 0.5) is 4.39 Å². The molecule has 108 valence electrons. The van der Waals surface area contributed by atoms with Gasteiger partial charge in [0.2, 0.25) is 5.91 Å². The van der Waals surface area contributed by atoms with Crippen LogP contribution in [0.2, 0.25) is 0 Å². The number of carbonyl (C=O) groups excluding carboxylic acids is 1. The first kappa shape index (κ1) is 15.4. The molecule has 2 nitrogen and oxygen atoms in total. The van der Waals surface area contributed by atoms with Crippen molar-refractivity contribution in [3.63, 3.8) is 0 Å². The minimum Gasteiger partial charge on any atom is -0.346 e. The highest BCUT2D eigenvalue weighted by Gasteiger charge is 2.06. The molecule has 0 aromatic heterocycles. The molecule has 1 N–H and O–H groups in total. The Bertz CT molecular complexity index is 635. The van der Waals surface area contributed by atoms with E-state index in [9.17, 15) is 9.18 Å². The summed E-state index contributed by atoms with van der Waals surface area (Å²) in [7, 11) is 0. The molecule has 4 heteroatoms. The minimum atomic E-state index is -0.291. The average molecular weight is 348 g/mol. The van der Waals surface area contributed by atoms with Gasteiger partial charge in [0.1, 0.15) is 5.82 Å². The first-order valence-corrected chi connectivity index (χ1v) is 7.33. The first-order chi connectivity index (χ1) is 10.0. The number of carbonyl (C=O) groups is 1. The molecule has 0 aliphatic rings. The molecule has 0 saturated carbocycles. The molecule has 0 aliphatic heterocycles. The first-order valence-electron chi connectivity index (χ1n) is 6.54. The third kappa shape index (κ3) is 4.83. The predicted octanol–water partition coefficient (Wildman–Crippen LogP) is 4.48. The van der Waals surface area contributed by atoms with Crippen LogP contribution in [0.5, 0.6) is 0 Å². The second kappa shape index (κ2) is 7.18. The fourth-order valence-electron chi connectivity index (χ4n) is 1.84. The summed E-state index contributed by atoms with van der Waals surface area (Å²) in [5, 5.41) is 2.88. The maximum absolute atomic E-state index is 12.8. The van der Waals surface area contributed by atoms with Crippen molar-refractivity contribution in [2.45, 2.75) is 13.0 Å². The number of halogens is 2. The quantitative estimate of drug-likeness (QED) is 0.811. The molecule has 2 aromatic carbocycles. The molecule has 1 unspecified atom stereocenters. The van der Waals surface area contributed by atoms with Crippen molar-refractivity contribution in [1.29, 1.82) is 0 Å². The Morgan fingerprint density at radius 3 is 2.38 bits per heavy atom. The molecule has 0 radical (unpaired) electrons. The van der Waals surface area contributed by atoms with E-state index >= 15 is 0 Å². The second-order valence-corrected chi connectivity index (χ2v) is 5.58. The summed E-state index contributed by atoms with van der Waals surface area (Å²) >= 11 is 3.38. The molecule has 2 rings (SSSR count). The molecule has 21 heavy (non-hydrogen) atoms. The van der Waals surface area contributed by atoms with Gasteiger partial charge in [-0.25, -0.2) is 4.39 Å². The Morgan fingerprint density at radius 1 is 1.14 bits per heavy atom. The van der Waals surface area contributed by atoms with Crippen LogP contribution in [0.15, 0.2) is 59.1 Å². The third-order valence-corrected chi connectivity index (χ3v) is 3.55. The lowest BCUT2D eigenvalue weighted by Gasteiger charge is -2.12. The summed E-state index contributed by atoms with van der Waals surface area (Å²) in [5.74, 6) is -0.477. The summed E-state index contributed by atoms with van der Waals surface area (Å²) in [5.41, 5.74) is 1.81. The van der Waals surface area contributed by atoms with E-state index in [2.05, 4.69) is 21.2 Å². The molecular formula is C17H15BrFNO. The van der Waals surface area contributed by atoms with Gasteiger partial charge in [0.05, 0.1) is 6.04 Å². The number of benzene rings is 2. The SMILES string of the molecule is CC(NC(=O)C=Cc1ccc(F)cc1)c1ccc(Br)cc1. The Hall–Kier alpha value is -1.94. The fraction of sp³-hybridized carbons (Fsp3) is 0.118. The summed E-state index contributed by atoms with van der Waals surface area (Å²) in [6.07, 6.45) is 3.10. The van der Waals surface area contributed by atoms with Crippen LogP contribution in [-0.2, 0) is 4.79 Å². The van der Waals surface area contributed by atoms with Crippen molar-refractivity contribution < 1.29 is 9.18 Å². The lowest BCUT2D eigenvalue weighted by molar-refractivity contribution is -0.117. The van der Waals surface area contributed by atoms with E-state index in [1.807, 2.05) is 31.2 Å². The molecule has 0 saturated heterocycles. The lowest BCUT2D eigenvalue weighted by Crippen LogP contribution is -2.24. The molecule has 0 bridgehead atoms. The molecule has 1 amide bonds. The molecule has 0 fully saturated rings. The van der Waals surface area contributed by atoms with E-state index in [4.69, 9.17) is 0 Å². The van der Waals surface area contributed by atoms with Gasteiger partial charge in [-0.2, -0.15) is 0 Å². The van der Waals surface area contributed by atoms with Crippen molar-refractivity contribution >= 4 is 27.9 Å². The second-order valence-electron chi connectivity index (χ2n) is 4.67. The van der Waals surface area contributed by atoms with E-state index in [-0.39, 0.29) is 17.8 Å². The maximum atomic E-state index is 12.8. The van der Waals surface area contributed by atoms with Gasteiger partial charge in [-0.15, -0.1) is 0 Å². The van der Waals surface area contributed by atoms with Gasteiger partial charge >= 0.3 is 0 Å². The van der Waals surface area contributed by atoms with Gasteiger partial charge in [0.15, 0.2) is 0 Å². The zero-order valence-electron chi connectivity index (χ0n) is 11.5. The summed E-state index contributed by atoms with van der Waals surface area (Å²) in [6, 6.07) is 13.7. The normalized spacial score (nSPS) is 12.3. The number of amides is 1. The lowest BCUT2D eigenvalue weighted by atomic mass is 10.1. The maximum Gasteiger partial charge on any atom is 0.244 e. The van der Waals surface area contributed by atoms with Gasteiger partial charge in [0, 0.05) is 10.5 Å². The van der Waals surface area contributed by atoms with Crippen LogP contribution >= 0.6 is 15.9 Å². The Labute approximate surface area is 131 Å². The van der Waals surface area contributed by atoms with Crippen molar-refractivity contribution in [3.05, 3.63) is 76.0 Å². The molecule has 0 heterocycles. The van der Waals surface area contributed by atoms with Gasteiger partial charge in [0.25, 0.3) is 0 Å². The van der Waals surface area contributed by atoms with E-state index in [0.717, 1.165) is 15.6 Å². The largest absolute Gasteiger partial charge is 0.346 e. The van der Waals surface area contributed by atoms with Crippen LogP contribution < -0.4 is 5.32 Å².